The Morgan fingerprint density at radius 1 is 1.47 bits per heavy atom. The number of hydrogen-bond acceptors (Lipinski definition) is 2. The minimum Gasteiger partial charge on any atom is -0.496 e. The second-order valence-electron chi connectivity index (χ2n) is 4.81. The summed E-state index contributed by atoms with van der Waals surface area (Å²) in [5.74, 6) is 2.16. The van der Waals surface area contributed by atoms with Crippen molar-refractivity contribution in [3.05, 3.63) is 35.6 Å². The van der Waals surface area contributed by atoms with Gasteiger partial charge < -0.3 is 9.47 Å². The van der Waals surface area contributed by atoms with Crippen molar-refractivity contribution in [2.75, 3.05) is 20.8 Å². The molecule has 2 atom stereocenters. The van der Waals surface area contributed by atoms with Gasteiger partial charge >= 0.3 is 0 Å². The Labute approximate surface area is 105 Å². The smallest absolute Gasteiger partial charge is 0.121 e. The van der Waals surface area contributed by atoms with Gasteiger partial charge in [0.1, 0.15) is 5.76 Å². The van der Waals surface area contributed by atoms with E-state index in [0.717, 1.165) is 25.2 Å². The lowest BCUT2D eigenvalue weighted by Gasteiger charge is -2.16. The van der Waals surface area contributed by atoms with Crippen molar-refractivity contribution in [3.8, 4) is 0 Å². The van der Waals surface area contributed by atoms with E-state index in [4.69, 9.17) is 9.47 Å². The molecule has 0 saturated heterocycles. The van der Waals surface area contributed by atoms with Gasteiger partial charge in [-0.05, 0) is 30.8 Å². The van der Waals surface area contributed by atoms with E-state index in [9.17, 15) is 0 Å². The molecular weight excluding hydrogens is 212 g/mol. The van der Waals surface area contributed by atoms with E-state index in [2.05, 4.69) is 38.2 Å². The lowest BCUT2D eigenvalue weighted by atomic mass is 9.95. The molecule has 0 amide bonds. The van der Waals surface area contributed by atoms with Gasteiger partial charge in [0.15, 0.2) is 0 Å². The summed E-state index contributed by atoms with van der Waals surface area (Å²) in [6.45, 7) is 5.23. The fourth-order valence-corrected chi connectivity index (χ4v) is 1.99. The van der Waals surface area contributed by atoms with Crippen LogP contribution in [0.5, 0.6) is 0 Å². The highest BCUT2D eigenvalue weighted by Crippen LogP contribution is 2.24. The van der Waals surface area contributed by atoms with Gasteiger partial charge in [0.25, 0.3) is 0 Å². The molecule has 0 aromatic heterocycles. The molecule has 0 saturated carbocycles. The summed E-state index contributed by atoms with van der Waals surface area (Å²) < 4.78 is 10.5. The largest absolute Gasteiger partial charge is 0.496 e. The Balaban J connectivity index is 2.53. The fourth-order valence-electron chi connectivity index (χ4n) is 1.99. The first kappa shape index (κ1) is 14.0. The molecule has 0 aromatic carbocycles. The quantitative estimate of drug-likeness (QED) is 0.700. The molecule has 0 heterocycles. The van der Waals surface area contributed by atoms with Gasteiger partial charge in [-0.25, -0.2) is 0 Å². The predicted molar refractivity (Wildman–Crippen MR) is 71.8 cm³/mol. The van der Waals surface area contributed by atoms with Crippen LogP contribution in [0.3, 0.4) is 0 Å². The number of methoxy groups -OCH3 is 2. The monoisotopic (exact) mass is 236 g/mol. The summed E-state index contributed by atoms with van der Waals surface area (Å²) in [6.07, 6.45) is 10.9. The highest BCUT2D eigenvalue weighted by molar-refractivity contribution is 5.38. The Bertz CT molecular complexity index is 313. The topological polar surface area (TPSA) is 18.5 Å². The van der Waals surface area contributed by atoms with Crippen LogP contribution in [0.25, 0.3) is 0 Å². The van der Waals surface area contributed by atoms with Crippen LogP contribution in [0, 0.1) is 11.8 Å². The molecule has 1 aliphatic carbocycles. The van der Waals surface area contributed by atoms with Crippen LogP contribution >= 0.6 is 0 Å². The van der Waals surface area contributed by atoms with Crippen LogP contribution in [0.15, 0.2) is 35.6 Å². The van der Waals surface area contributed by atoms with Crippen LogP contribution in [-0.2, 0) is 9.47 Å². The minimum atomic E-state index is 0.563. The Hall–Kier alpha value is -1.02. The zero-order valence-corrected chi connectivity index (χ0v) is 11.4. The van der Waals surface area contributed by atoms with Crippen LogP contribution in [-0.4, -0.2) is 20.8 Å². The van der Waals surface area contributed by atoms with Gasteiger partial charge in [0, 0.05) is 19.3 Å². The highest BCUT2D eigenvalue weighted by Gasteiger charge is 2.10. The van der Waals surface area contributed by atoms with Crippen LogP contribution in [0.1, 0.15) is 26.7 Å². The van der Waals surface area contributed by atoms with Crippen LogP contribution in [0.4, 0.5) is 0 Å². The van der Waals surface area contributed by atoms with E-state index in [-0.39, 0.29) is 0 Å². The average Bonchev–Trinajstić information content (AvgIpc) is 2.30. The maximum atomic E-state index is 5.37. The van der Waals surface area contributed by atoms with Crippen LogP contribution in [0.2, 0.25) is 0 Å². The van der Waals surface area contributed by atoms with E-state index in [1.165, 1.54) is 5.57 Å². The first-order valence-corrected chi connectivity index (χ1v) is 6.29. The standard InChI is InChI=1S/C15H24O2/c1-12-8-9-15(17-4)14(10-12)7-5-6-13(2)11-16-3/h5,7,9-10,12-13H,6,8,11H2,1-4H3/b7-5+/t12?,13-/m0/s1. The van der Waals surface area contributed by atoms with Crippen molar-refractivity contribution in [1.82, 2.24) is 0 Å². The van der Waals surface area contributed by atoms with Gasteiger partial charge in [-0.15, -0.1) is 0 Å². The maximum absolute atomic E-state index is 5.37. The average molecular weight is 236 g/mol. The van der Waals surface area contributed by atoms with E-state index in [0.29, 0.717) is 11.8 Å². The lowest BCUT2D eigenvalue weighted by Crippen LogP contribution is -2.03. The molecule has 96 valence electrons. The molecule has 17 heavy (non-hydrogen) atoms. The number of allylic oxidation sites excluding steroid dienone is 4. The summed E-state index contributed by atoms with van der Waals surface area (Å²) in [6, 6.07) is 0. The summed E-state index contributed by atoms with van der Waals surface area (Å²) in [5, 5.41) is 0. The van der Waals surface area contributed by atoms with Gasteiger partial charge in [0.05, 0.1) is 7.11 Å². The summed E-state index contributed by atoms with van der Waals surface area (Å²) in [7, 11) is 3.48. The van der Waals surface area contributed by atoms with Gasteiger partial charge in [-0.1, -0.05) is 32.1 Å². The number of hydrogen-bond donors (Lipinski definition) is 0. The van der Waals surface area contributed by atoms with Gasteiger partial charge in [-0.2, -0.15) is 0 Å². The zero-order valence-electron chi connectivity index (χ0n) is 11.4. The maximum Gasteiger partial charge on any atom is 0.121 e. The third kappa shape index (κ3) is 4.78. The van der Waals surface area contributed by atoms with Gasteiger partial charge in [0.2, 0.25) is 0 Å². The summed E-state index contributed by atoms with van der Waals surface area (Å²) in [5.41, 5.74) is 1.20. The summed E-state index contributed by atoms with van der Waals surface area (Å²) in [4.78, 5) is 0. The molecule has 0 aromatic rings. The lowest BCUT2D eigenvalue weighted by molar-refractivity contribution is 0.161. The van der Waals surface area contributed by atoms with Crippen molar-refractivity contribution in [2.45, 2.75) is 26.7 Å². The molecule has 0 bridgehead atoms. The van der Waals surface area contributed by atoms with Gasteiger partial charge in [-0.3, -0.25) is 0 Å². The second-order valence-corrected chi connectivity index (χ2v) is 4.81. The Morgan fingerprint density at radius 2 is 2.24 bits per heavy atom. The van der Waals surface area contributed by atoms with Crippen molar-refractivity contribution in [2.24, 2.45) is 11.8 Å². The van der Waals surface area contributed by atoms with Crippen molar-refractivity contribution >= 4 is 0 Å². The van der Waals surface area contributed by atoms with Crippen molar-refractivity contribution < 1.29 is 9.47 Å². The molecule has 0 fully saturated rings. The molecule has 1 unspecified atom stereocenters. The number of rotatable bonds is 6. The predicted octanol–water partition coefficient (Wildman–Crippen LogP) is 3.71. The first-order valence-electron chi connectivity index (χ1n) is 6.29. The SMILES string of the molecule is COC[C@@H](C)C/C=C/C1=CC(C)CC=C1OC. The third-order valence-corrected chi connectivity index (χ3v) is 2.93. The van der Waals surface area contributed by atoms with Crippen molar-refractivity contribution in [3.63, 3.8) is 0 Å². The normalized spacial score (nSPS) is 22.2. The minimum absolute atomic E-state index is 0.563. The molecule has 2 nitrogen and oxygen atoms in total. The molecule has 2 heteroatoms. The molecule has 0 spiro atoms. The Morgan fingerprint density at radius 3 is 2.88 bits per heavy atom. The molecular formula is C15H24O2. The van der Waals surface area contributed by atoms with E-state index >= 15 is 0 Å². The molecule has 0 aliphatic heterocycles. The molecule has 1 rings (SSSR count). The molecule has 0 radical (unpaired) electrons. The first-order chi connectivity index (χ1) is 8.17. The third-order valence-electron chi connectivity index (χ3n) is 2.93. The summed E-state index contributed by atoms with van der Waals surface area (Å²) >= 11 is 0. The van der Waals surface area contributed by atoms with Crippen LogP contribution < -0.4 is 0 Å². The van der Waals surface area contributed by atoms with Crippen molar-refractivity contribution in [1.29, 1.82) is 0 Å². The Kier molecular flexibility index (Phi) is 6.06. The van der Waals surface area contributed by atoms with E-state index < -0.39 is 0 Å². The van der Waals surface area contributed by atoms with E-state index in [1.807, 2.05) is 0 Å². The molecule has 0 N–H and O–H groups in total. The number of ether oxygens (including phenoxy) is 2. The van der Waals surface area contributed by atoms with E-state index in [1.54, 1.807) is 14.2 Å². The highest BCUT2D eigenvalue weighted by atomic mass is 16.5. The zero-order chi connectivity index (χ0) is 12.7. The molecule has 1 aliphatic rings. The second kappa shape index (κ2) is 7.33. The fraction of sp³-hybridized carbons (Fsp3) is 0.600.